The number of halogens is 3. The SMILES string of the molecule is CCC1CC(C(O)(C(F)(F)F)C2(N)CO2)CCC1C. The lowest BCUT2D eigenvalue weighted by molar-refractivity contribution is -0.307. The highest BCUT2D eigenvalue weighted by molar-refractivity contribution is 5.13. The summed E-state index contributed by atoms with van der Waals surface area (Å²) in [5.74, 6) is -0.274. The maximum atomic E-state index is 13.3. The van der Waals surface area contributed by atoms with Gasteiger partial charge in [0.2, 0.25) is 5.60 Å². The number of nitrogens with two attached hydrogens (primary N) is 1. The van der Waals surface area contributed by atoms with Crippen molar-refractivity contribution >= 4 is 0 Å². The zero-order valence-corrected chi connectivity index (χ0v) is 11.3. The van der Waals surface area contributed by atoms with Gasteiger partial charge in [0.15, 0.2) is 5.72 Å². The molecule has 1 aliphatic heterocycles. The van der Waals surface area contributed by atoms with E-state index in [1.165, 1.54) is 0 Å². The van der Waals surface area contributed by atoms with Crippen molar-refractivity contribution in [3.8, 4) is 0 Å². The lowest BCUT2D eigenvalue weighted by Gasteiger charge is -2.45. The maximum Gasteiger partial charge on any atom is 0.421 e. The zero-order chi connectivity index (χ0) is 14.5. The standard InChI is InChI=1S/C13H22F3NO2/c1-3-9-6-10(5-4-8(9)2)12(18,13(14,15)16)11(17)7-19-11/h8-10,18H,3-7,17H2,1-2H3. The van der Waals surface area contributed by atoms with Crippen LogP contribution in [-0.2, 0) is 4.74 Å². The van der Waals surface area contributed by atoms with Gasteiger partial charge >= 0.3 is 6.18 Å². The highest BCUT2D eigenvalue weighted by atomic mass is 19.4. The summed E-state index contributed by atoms with van der Waals surface area (Å²) in [6.07, 6.45) is -2.55. The fourth-order valence-electron chi connectivity index (χ4n) is 3.48. The number of ether oxygens (including phenoxy) is 1. The van der Waals surface area contributed by atoms with E-state index in [-0.39, 0.29) is 12.5 Å². The summed E-state index contributed by atoms with van der Waals surface area (Å²) < 4.78 is 44.8. The molecule has 1 heterocycles. The van der Waals surface area contributed by atoms with Crippen LogP contribution in [0.5, 0.6) is 0 Å². The van der Waals surface area contributed by atoms with Crippen molar-refractivity contribution in [1.82, 2.24) is 0 Å². The molecule has 0 radical (unpaired) electrons. The number of epoxide rings is 1. The van der Waals surface area contributed by atoms with Crippen molar-refractivity contribution in [3.05, 3.63) is 0 Å². The summed E-state index contributed by atoms with van der Waals surface area (Å²) >= 11 is 0. The summed E-state index contributed by atoms with van der Waals surface area (Å²) in [5.41, 5.74) is 0.699. The van der Waals surface area contributed by atoms with E-state index >= 15 is 0 Å². The zero-order valence-electron chi connectivity index (χ0n) is 11.3. The van der Waals surface area contributed by atoms with Gasteiger partial charge in [-0.1, -0.05) is 26.7 Å². The maximum absolute atomic E-state index is 13.3. The molecule has 5 atom stereocenters. The molecule has 0 bridgehead atoms. The molecule has 1 saturated heterocycles. The van der Waals surface area contributed by atoms with Gasteiger partial charge in [0.1, 0.15) is 0 Å². The smallest absolute Gasteiger partial charge is 0.377 e. The van der Waals surface area contributed by atoms with Crippen LogP contribution in [0.4, 0.5) is 13.2 Å². The Labute approximate surface area is 111 Å². The van der Waals surface area contributed by atoms with Crippen molar-refractivity contribution < 1.29 is 23.0 Å². The van der Waals surface area contributed by atoms with Gasteiger partial charge in [-0.25, -0.2) is 0 Å². The Morgan fingerprint density at radius 3 is 2.37 bits per heavy atom. The van der Waals surface area contributed by atoms with Crippen LogP contribution in [0.1, 0.15) is 39.5 Å². The van der Waals surface area contributed by atoms with Crippen molar-refractivity contribution in [3.63, 3.8) is 0 Å². The molecule has 3 N–H and O–H groups in total. The Bertz CT molecular complexity index is 336. The molecular weight excluding hydrogens is 259 g/mol. The molecule has 0 aromatic rings. The predicted molar refractivity (Wildman–Crippen MR) is 64.2 cm³/mol. The minimum Gasteiger partial charge on any atom is -0.377 e. The number of alkyl halides is 3. The molecule has 112 valence electrons. The van der Waals surface area contributed by atoms with Crippen LogP contribution in [0, 0.1) is 17.8 Å². The van der Waals surface area contributed by atoms with Crippen LogP contribution >= 0.6 is 0 Å². The minimum atomic E-state index is -4.76. The third-order valence-electron chi connectivity index (χ3n) is 5.01. The van der Waals surface area contributed by atoms with E-state index in [4.69, 9.17) is 10.5 Å². The lowest BCUT2D eigenvalue weighted by atomic mass is 9.66. The average molecular weight is 281 g/mol. The van der Waals surface area contributed by atoms with Gasteiger partial charge in [0.05, 0.1) is 6.61 Å². The second kappa shape index (κ2) is 4.60. The molecule has 19 heavy (non-hydrogen) atoms. The van der Waals surface area contributed by atoms with E-state index in [0.29, 0.717) is 25.2 Å². The Balaban J connectivity index is 2.26. The molecule has 0 amide bonds. The van der Waals surface area contributed by atoms with Gasteiger partial charge in [0, 0.05) is 5.92 Å². The Hall–Kier alpha value is -0.330. The molecule has 3 nitrogen and oxygen atoms in total. The molecule has 0 aromatic carbocycles. The molecule has 5 unspecified atom stereocenters. The summed E-state index contributed by atoms with van der Waals surface area (Å²) in [6, 6.07) is 0. The van der Waals surface area contributed by atoms with E-state index in [1.807, 2.05) is 6.92 Å². The van der Waals surface area contributed by atoms with Gasteiger partial charge in [-0.05, 0) is 24.7 Å². The highest BCUT2D eigenvalue weighted by Crippen LogP contribution is 2.54. The average Bonchev–Trinajstić information content (AvgIpc) is 3.07. The van der Waals surface area contributed by atoms with Crippen LogP contribution in [0.15, 0.2) is 0 Å². The van der Waals surface area contributed by atoms with Gasteiger partial charge in [0.25, 0.3) is 0 Å². The lowest BCUT2D eigenvalue weighted by Crippen LogP contribution is -2.66. The Kier molecular flexibility index (Phi) is 3.65. The van der Waals surface area contributed by atoms with E-state index in [0.717, 1.165) is 6.42 Å². The van der Waals surface area contributed by atoms with Gasteiger partial charge in [-0.3, -0.25) is 5.73 Å². The van der Waals surface area contributed by atoms with Crippen LogP contribution in [0.2, 0.25) is 0 Å². The minimum absolute atomic E-state index is 0.204. The molecule has 2 fully saturated rings. The van der Waals surface area contributed by atoms with Crippen LogP contribution in [0.3, 0.4) is 0 Å². The first-order valence-corrected chi connectivity index (χ1v) is 6.87. The first kappa shape index (κ1) is 15.1. The van der Waals surface area contributed by atoms with Gasteiger partial charge in [-0.2, -0.15) is 13.2 Å². The fourth-order valence-corrected chi connectivity index (χ4v) is 3.48. The van der Waals surface area contributed by atoms with Crippen LogP contribution in [0.25, 0.3) is 0 Å². The second-order valence-electron chi connectivity index (χ2n) is 6.10. The fraction of sp³-hybridized carbons (Fsp3) is 1.00. The van der Waals surface area contributed by atoms with Gasteiger partial charge < -0.3 is 9.84 Å². The molecule has 0 aromatic heterocycles. The predicted octanol–water partition coefficient (Wildman–Crippen LogP) is 2.43. The van der Waals surface area contributed by atoms with Crippen molar-refractivity contribution in [1.29, 1.82) is 0 Å². The van der Waals surface area contributed by atoms with E-state index in [9.17, 15) is 18.3 Å². The monoisotopic (exact) mass is 281 g/mol. The Morgan fingerprint density at radius 1 is 1.37 bits per heavy atom. The summed E-state index contributed by atoms with van der Waals surface area (Å²) in [4.78, 5) is 0. The Morgan fingerprint density at radius 2 is 1.95 bits per heavy atom. The number of aliphatic hydroxyl groups is 1. The first-order valence-electron chi connectivity index (χ1n) is 6.87. The quantitative estimate of drug-likeness (QED) is 0.781. The molecular formula is C13H22F3NO2. The van der Waals surface area contributed by atoms with Crippen molar-refractivity contribution in [2.75, 3.05) is 6.61 Å². The largest absolute Gasteiger partial charge is 0.421 e. The molecule has 0 spiro atoms. The van der Waals surface area contributed by atoms with Crippen LogP contribution < -0.4 is 5.73 Å². The van der Waals surface area contributed by atoms with Crippen molar-refractivity contribution in [2.24, 2.45) is 23.5 Å². The number of hydrogen-bond acceptors (Lipinski definition) is 3. The van der Waals surface area contributed by atoms with E-state index in [1.54, 1.807) is 0 Å². The summed E-state index contributed by atoms with van der Waals surface area (Å²) in [5, 5.41) is 10.3. The van der Waals surface area contributed by atoms with Crippen molar-refractivity contribution in [2.45, 2.75) is 57.0 Å². The second-order valence-corrected chi connectivity index (χ2v) is 6.10. The summed E-state index contributed by atoms with van der Waals surface area (Å²) in [7, 11) is 0. The van der Waals surface area contributed by atoms with Crippen LogP contribution in [-0.4, -0.2) is 29.2 Å². The normalized spacial score (nSPS) is 42.8. The summed E-state index contributed by atoms with van der Waals surface area (Å²) in [6.45, 7) is 3.80. The van der Waals surface area contributed by atoms with E-state index in [2.05, 4.69) is 6.92 Å². The molecule has 2 aliphatic rings. The van der Waals surface area contributed by atoms with Gasteiger partial charge in [-0.15, -0.1) is 0 Å². The molecule has 1 saturated carbocycles. The first-order chi connectivity index (χ1) is 8.65. The number of rotatable bonds is 3. The third kappa shape index (κ3) is 2.28. The molecule has 1 aliphatic carbocycles. The topological polar surface area (TPSA) is 58.8 Å². The molecule has 6 heteroatoms. The highest BCUT2D eigenvalue weighted by Gasteiger charge is 2.74. The number of hydrogen-bond donors (Lipinski definition) is 2. The molecule has 2 rings (SSSR count). The van der Waals surface area contributed by atoms with E-state index < -0.39 is 23.4 Å². The third-order valence-corrected chi connectivity index (χ3v) is 5.01.